The maximum Gasteiger partial charge on any atom is 0.398 e. The molecule has 0 amide bonds. The summed E-state index contributed by atoms with van der Waals surface area (Å²) in [7, 11) is 0. The lowest BCUT2D eigenvalue weighted by Crippen LogP contribution is -2.30. The summed E-state index contributed by atoms with van der Waals surface area (Å²) in [5.74, 6) is -3.02. The largest absolute Gasteiger partial charge is 0.398 e. The first-order valence-corrected chi connectivity index (χ1v) is 3.79. The van der Waals surface area contributed by atoms with Gasteiger partial charge in [-0.05, 0) is 6.92 Å². The smallest absolute Gasteiger partial charge is 0.299 e. The van der Waals surface area contributed by atoms with E-state index in [0.29, 0.717) is 0 Å². The van der Waals surface area contributed by atoms with Gasteiger partial charge in [0.25, 0.3) is 0 Å². The molecule has 0 radical (unpaired) electrons. The SMILES string of the molecule is CC(=O)C(CC(=S)Cl)C(F)(F)F. The van der Waals surface area contributed by atoms with Gasteiger partial charge >= 0.3 is 6.18 Å². The van der Waals surface area contributed by atoms with Gasteiger partial charge < -0.3 is 0 Å². The topological polar surface area (TPSA) is 17.1 Å². The van der Waals surface area contributed by atoms with Crippen molar-refractivity contribution in [3.05, 3.63) is 0 Å². The van der Waals surface area contributed by atoms with Gasteiger partial charge in [-0.25, -0.2) is 0 Å². The van der Waals surface area contributed by atoms with Gasteiger partial charge in [-0.2, -0.15) is 13.2 Å². The van der Waals surface area contributed by atoms with Crippen LogP contribution in [0.3, 0.4) is 0 Å². The number of rotatable bonds is 3. The van der Waals surface area contributed by atoms with Crippen LogP contribution >= 0.6 is 23.8 Å². The fraction of sp³-hybridized carbons (Fsp3) is 0.667. The highest BCUT2D eigenvalue weighted by Crippen LogP contribution is 2.30. The quantitative estimate of drug-likeness (QED) is 0.535. The lowest BCUT2D eigenvalue weighted by Gasteiger charge is -2.15. The molecule has 0 saturated carbocycles. The second-order valence-electron chi connectivity index (χ2n) is 2.26. The lowest BCUT2D eigenvalue weighted by atomic mass is 10.0. The highest BCUT2D eigenvalue weighted by Gasteiger charge is 2.42. The Kier molecular flexibility index (Phi) is 4.13. The van der Waals surface area contributed by atoms with E-state index in [1.807, 2.05) is 0 Å². The van der Waals surface area contributed by atoms with Gasteiger partial charge in [0.05, 0.1) is 4.32 Å². The van der Waals surface area contributed by atoms with Crippen molar-refractivity contribution in [1.29, 1.82) is 0 Å². The standard InChI is InChI=1S/C6H6ClF3OS/c1-3(11)4(2-5(7)12)6(8,9)10/h4H,2H2,1H3. The molecule has 0 rings (SSSR count). The predicted octanol–water partition coefficient (Wildman–Crippen LogP) is 2.71. The Morgan fingerprint density at radius 3 is 2.08 bits per heavy atom. The Labute approximate surface area is 77.9 Å². The van der Waals surface area contributed by atoms with Crippen molar-refractivity contribution in [3.63, 3.8) is 0 Å². The van der Waals surface area contributed by atoms with Crippen molar-refractivity contribution < 1.29 is 18.0 Å². The summed E-state index contributed by atoms with van der Waals surface area (Å²) in [6.45, 7) is 0.868. The fourth-order valence-corrected chi connectivity index (χ4v) is 0.971. The van der Waals surface area contributed by atoms with Crippen molar-refractivity contribution in [2.24, 2.45) is 5.92 Å². The molecule has 0 spiro atoms. The van der Waals surface area contributed by atoms with E-state index in [-0.39, 0.29) is 4.32 Å². The van der Waals surface area contributed by atoms with E-state index < -0.39 is 24.3 Å². The zero-order valence-electron chi connectivity index (χ0n) is 6.11. The summed E-state index contributed by atoms with van der Waals surface area (Å²) in [4.78, 5) is 10.5. The van der Waals surface area contributed by atoms with Crippen LogP contribution in [-0.4, -0.2) is 16.3 Å². The average molecular weight is 219 g/mol. The highest BCUT2D eigenvalue weighted by atomic mass is 35.5. The average Bonchev–Trinajstić information content (AvgIpc) is 1.79. The molecule has 0 aliphatic rings. The van der Waals surface area contributed by atoms with Crippen LogP contribution in [0.2, 0.25) is 0 Å². The molecule has 70 valence electrons. The minimum atomic E-state index is -4.55. The normalized spacial score (nSPS) is 14.1. The number of Topliss-reactive ketones (excluding diaryl/α,β-unsaturated/α-hetero) is 1. The number of carbonyl (C=O) groups is 1. The molecule has 0 bridgehead atoms. The zero-order valence-corrected chi connectivity index (χ0v) is 7.69. The van der Waals surface area contributed by atoms with E-state index >= 15 is 0 Å². The van der Waals surface area contributed by atoms with Crippen LogP contribution in [0.1, 0.15) is 13.3 Å². The third kappa shape index (κ3) is 4.01. The van der Waals surface area contributed by atoms with Crippen LogP contribution in [-0.2, 0) is 4.79 Å². The molecule has 0 heterocycles. The van der Waals surface area contributed by atoms with Gasteiger partial charge in [0.2, 0.25) is 0 Å². The van der Waals surface area contributed by atoms with Gasteiger partial charge in [0.15, 0.2) is 0 Å². The first-order valence-electron chi connectivity index (χ1n) is 3.00. The Bertz CT molecular complexity index is 201. The number of ketones is 1. The molecule has 1 nitrogen and oxygen atoms in total. The number of alkyl halides is 3. The molecule has 0 fully saturated rings. The van der Waals surface area contributed by atoms with Crippen molar-refractivity contribution in [2.75, 3.05) is 0 Å². The van der Waals surface area contributed by atoms with E-state index in [0.717, 1.165) is 6.92 Å². The first kappa shape index (κ1) is 11.8. The number of hydrogen-bond acceptors (Lipinski definition) is 2. The molecule has 0 aromatic rings. The molecule has 1 atom stereocenters. The maximum atomic E-state index is 12.0. The van der Waals surface area contributed by atoms with Gasteiger partial charge in [0.1, 0.15) is 11.7 Å². The molecule has 0 aromatic heterocycles. The summed E-state index contributed by atoms with van der Waals surface area (Å²) >= 11 is 9.37. The van der Waals surface area contributed by atoms with E-state index in [4.69, 9.17) is 11.6 Å². The van der Waals surface area contributed by atoms with E-state index in [1.165, 1.54) is 0 Å². The maximum absolute atomic E-state index is 12.0. The molecule has 0 N–H and O–H groups in total. The molecule has 12 heavy (non-hydrogen) atoms. The molecule has 0 aromatic carbocycles. The van der Waals surface area contributed by atoms with E-state index in [9.17, 15) is 18.0 Å². The van der Waals surface area contributed by atoms with E-state index in [2.05, 4.69) is 12.2 Å². The van der Waals surface area contributed by atoms with Crippen molar-refractivity contribution in [1.82, 2.24) is 0 Å². The van der Waals surface area contributed by atoms with Crippen molar-refractivity contribution in [3.8, 4) is 0 Å². The summed E-state index contributed by atoms with van der Waals surface area (Å²) in [6, 6.07) is 0. The third-order valence-corrected chi connectivity index (χ3v) is 1.57. The molecule has 0 aliphatic heterocycles. The number of halogens is 4. The monoisotopic (exact) mass is 218 g/mol. The van der Waals surface area contributed by atoms with E-state index in [1.54, 1.807) is 0 Å². The summed E-state index contributed by atoms with van der Waals surface area (Å²) in [6.07, 6.45) is -5.17. The van der Waals surface area contributed by atoms with Crippen molar-refractivity contribution in [2.45, 2.75) is 19.5 Å². The Hall–Kier alpha value is -0.160. The number of thiocarbonyl (C=S) groups is 1. The zero-order chi connectivity index (χ0) is 9.94. The van der Waals surface area contributed by atoms with Gasteiger partial charge in [-0.15, -0.1) is 0 Å². The lowest BCUT2D eigenvalue weighted by molar-refractivity contribution is -0.178. The molecular weight excluding hydrogens is 213 g/mol. The fourth-order valence-electron chi connectivity index (χ4n) is 0.650. The number of hydrogen-bond donors (Lipinski definition) is 0. The van der Waals surface area contributed by atoms with Gasteiger partial charge in [-0.3, -0.25) is 4.79 Å². The summed E-state index contributed by atoms with van der Waals surface area (Å²) in [5.41, 5.74) is 0. The molecule has 0 saturated heterocycles. The Morgan fingerprint density at radius 1 is 1.58 bits per heavy atom. The van der Waals surface area contributed by atoms with Crippen LogP contribution in [0.5, 0.6) is 0 Å². The summed E-state index contributed by atoms with van der Waals surface area (Å²) < 4.78 is 35.6. The first-order chi connectivity index (χ1) is 5.25. The Morgan fingerprint density at radius 2 is 2.00 bits per heavy atom. The molecule has 0 aliphatic carbocycles. The number of carbonyl (C=O) groups excluding carboxylic acids is 1. The second kappa shape index (κ2) is 4.18. The van der Waals surface area contributed by atoms with Gasteiger partial charge in [0, 0.05) is 6.42 Å². The molecular formula is C6H6ClF3OS. The minimum absolute atomic E-state index is 0.326. The van der Waals surface area contributed by atoms with Crippen LogP contribution in [0.25, 0.3) is 0 Å². The van der Waals surface area contributed by atoms with Crippen LogP contribution in [0.4, 0.5) is 13.2 Å². The molecule has 6 heteroatoms. The highest BCUT2D eigenvalue weighted by molar-refractivity contribution is 7.83. The second-order valence-corrected chi connectivity index (χ2v) is 3.44. The molecule has 1 unspecified atom stereocenters. The van der Waals surface area contributed by atoms with Gasteiger partial charge in [-0.1, -0.05) is 23.8 Å². The van der Waals surface area contributed by atoms with Crippen LogP contribution < -0.4 is 0 Å². The minimum Gasteiger partial charge on any atom is -0.299 e. The third-order valence-electron chi connectivity index (χ3n) is 1.25. The van der Waals surface area contributed by atoms with Crippen molar-refractivity contribution >= 4 is 33.9 Å². The summed E-state index contributed by atoms with van der Waals surface area (Å²) in [5, 5.41) is 0. The Balaban J connectivity index is 4.46. The van der Waals surface area contributed by atoms with Crippen LogP contribution in [0.15, 0.2) is 0 Å². The predicted molar refractivity (Wildman–Crippen MR) is 43.3 cm³/mol. The van der Waals surface area contributed by atoms with Crippen LogP contribution in [0, 0.1) is 5.92 Å².